The number of rotatable bonds is 0. The van der Waals surface area contributed by atoms with Crippen molar-refractivity contribution in [2.45, 2.75) is 31.7 Å². The van der Waals surface area contributed by atoms with Gasteiger partial charge in [0, 0.05) is 29.9 Å². The third-order valence-corrected chi connectivity index (χ3v) is 5.29. The Hall–Kier alpha value is -0.360. The summed E-state index contributed by atoms with van der Waals surface area (Å²) in [6.45, 7) is 3.29. The summed E-state index contributed by atoms with van der Waals surface area (Å²) in [4.78, 5) is 4.60. The third-order valence-electron chi connectivity index (χ3n) is 4.69. The first-order valence-corrected chi connectivity index (χ1v) is 7.06. The fourth-order valence-electron chi connectivity index (χ4n) is 3.96. The molecule has 3 aliphatic rings. The Balaban J connectivity index is 2.12. The molecule has 18 heavy (non-hydrogen) atoms. The van der Waals surface area contributed by atoms with E-state index in [9.17, 15) is 10.2 Å². The molecular formula is C13H19BrN2O2. The lowest BCUT2D eigenvalue weighted by atomic mass is 9.76. The Kier molecular flexibility index (Phi) is 2.53. The Bertz CT molecular complexity index is 472. The van der Waals surface area contributed by atoms with E-state index in [2.05, 4.69) is 46.7 Å². The molecule has 5 heteroatoms. The number of likely N-dealkylation sites (tertiary alicyclic amines) is 1. The van der Waals surface area contributed by atoms with Crippen LogP contribution in [0.25, 0.3) is 0 Å². The molecule has 0 aromatic carbocycles. The van der Waals surface area contributed by atoms with Crippen molar-refractivity contribution < 1.29 is 10.2 Å². The van der Waals surface area contributed by atoms with E-state index in [-0.39, 0.29) is 5.41 Å². The van der Waals surface area contributed by atoms with Crippen LogP contribution in [0.4, 0.5) is 0 Å². The number of nitrogens with zero attached hydrogens (tertiary/aromatic N) is 2. The van der Waals surface area contributed by atoms with Crippen LogP contribution in [0.1, 0.15) is 19.8 Å². The maximum atomic E-state index is 9.96. The molecule has 100 valence electrons. The summed E-state index contributed by atoms with van der Waals surface area (Å²) in [7, 11) is 4.22. The number of fused-ring (bicyclic) bond motifs is 2. The van der Waals surface area contributed by atoms with Gasteiger partial charge in [0.1, 0.15) is 0 Å². The van der Waals surface area contributed by atoms with E-state index in [4.69, 9.17) is 0 Å². The number of hydrogen-bond acceptors (Lipinski definition) is 4. The van der Waals surface area contributed by atoms with E-state index in [1.54, 1.807) is 0 Å². The maximum absolute atomic E-state index is 9.96. The number of halogens is 1. The molecule has 3 rings (SSSR count). The second kappa shape index (κ2) is 3.60. The van der Waals surface area contributed by atoms with Crippen LogP contribution in [0.5, 0.6) is 0 Å². The molecule has 0 aromatic heterocycles. The normalized spacial score (nSPS) is 38.9. The zero-order valence-corrected chi connectivity index (χ0v) is 12.5. The molecule has 2 aliphatic heterocycles. The highest BCUT2D eigenvalue weighted by molar-refractivity contribution is 9.12. The molecule has 2 atom stereocenters. The summed E-state index contributed by atoms with van der Waals surface area (Å²) >= 11 is 3.49. The molecule has 1 aliphatic carbocycles. The van der Waals surface area contributed by atoms with Gasteiger partial charge in [-0.05, 0) is 41.0 Å². The van der Waals surface area contributed by atoms with Crippen molar-refractivity contribution in [1.82, 2.24) is 9.80 Å². The smallest absolute Gasteiger partial charge is 0.187 e. The van der Waals surface area contributed by atoms with Gasteiger partial charge in [0.25, 0.3) is 0 Å². The van der Waals surface area contributed by atoms with Crippen molar-refractivity contribution in [3.63, 3.8) is 0 Å². The van der Waals surface area contributed by atoms with Crippen LogP contribution in [0, 0.1) is 5.41 Å². The van der Waals surface area contributed by atoms with Crippen LogP contribution in [-0.4, -0.2) is 52.6 Å². The first kappa shape index (κ1) is 12.7. The lowest BCUT2D eigenvalue weighted by Crippen LogP contribution is -2.43. The van der Waals surface area contributed by atoms with Crippen LogP contribution in [0.2, 0.25) is 0 Å². The van der Waals surface area contributed by atoms with E-state index in [1.807, 2.05) is 0 Å². The van der Waals surface area contributed by atoms with Crippen LogP contribution in [0.15, 0.2) is 21.8 Å². The summed E-state index contributed by atoms with van der Waals surface area (Å²) in [5.74, 6) is -1.72. The molecule has 0 amide bonds. The number of hydrogen-bond donors (Lipinski definition) is 2. The first-order chi connectivity index (χ1) is 8.26. The molecule has 2 unspecified atom stereocenters. The second-order valence-corrected chi connectivity index (χ2v) is 6.86. The summed E-state index contributed by atoms with van der Waals surface area (Å²) in [5.41, 5.74) is 2.31. The molecule has 1 fully saturated rings. The summed E-state index contributed by atoms with van der Waals surface area (Å²) in [6.07, 6.45) is 3.18. The summed E-state index contributed by atoms with van der Waals surface area (Å²) in [6, 6.07) is 0. The molecule has 0 spiro atoms. The number of allylic oxidation sites excluding steroid dienone is 1. The molecule has 1 saturated heterocycles. The van der Waals surface area contributed by atoms with E-state index in [0.29, 0.717) is 12.6 Å². The minimum atomic E-state index is -1.72. The molecule has 4 nitrogen and oxygen atoms in total. The van der Waals surface area contributed by atoms with Crippen molar-refractivity contribution in [1.29, 1.82) is 0 Å². The molecule has 2 heterocycles. The quantitative estimate of drug-likeness (QED) is 0.660. The van der Waals surface area contributed by atoms with Crippen molar-refractivity contribution in [2.75, 3.05) is 20.6 Å². The first-order valence-electron chi connectivity index (χ1n) is 6.26. The van der Waals surface area contributed by atoms with Crippen molar-refractivity contribution >= 4 is 15.9 Å². The zero-order chi connectivity index (χ0) is 13.3. The van der Waals surface area contributed by atoms with Crippen LogP contribution in [-0.2, 0) is 0 Å². The highest BCUT2D eigenvalue weighted by Gasteiger charge is 2.56. The van der Waals surface area contributed by atoms with Crippen molar-refractivity contribution in [2.24, 2.45) is 5.41 Å². The predicted molar refractivity (Wildman–Crippen MR) is 72.7 cm³/mol. The number of aliphatic hydroxyl groups is 2. The highest BCUT2D eigenvalue weighted by atomic mass is 79.9. The molecule has 0 saturated carbocycles. The SMILES string of the molecule is CN1CCC2(C)C3=C(C(Br)=CC(O)(O)C3)N(C)C12. The zero-order valence-electron chi connectivity index (χ0n) is 10.9. The average molecular weight is 315 g/mol. The third kappa shape index (κ3) is 1.48. The van der Waals surface area contributed by atoms with Gasteiger partial charge in [0.05, 0.1) is 11.9 Å². The molecular weight excluding hydrogens is 296 g/mol. The fourth-order valence-corrected chi connectivity index (χ4v) is 4.85. The predicted octanol–water partition coefficient (Wildman–Crippen LogP) is 1.22. The van der Waals surface area contributed by atoms with Gasteiger partial charge in [-0.2, -0.15) is 0 Å². The van der Waals surface area contributed by atoms with Crippen molar-refractivity contribution in [3.8, 4) is 0 Å². The molecule has 0 bridgehead atoms. The number of likely N-dealkylation sites (N-methyl/N-ethyl adjacent to an activating group) is 1. The topological polar surface area (TPSA) is 46.9 Å². The second-order valence-electron chi connectivity index (χ2n) is 6.01. The van der Waals surface area contributed by atoms with Gasteiger partial charge in [-0.3, -0.25) is 4.90 Å². The molecule has 2 N–H and O–H groups in total. The van der Waals surface area contributed by atoms with Gasteiger partial charge in [-0.15, -0.1) is 0 Å². The molecule has 0 aromatic rings. The van der Waals surface area contributed by atoms with Crippen LogP contribution < -0.4 is 0 Å². The van der Waals surface area contributed by atoms with Gasteiger partial charge in [-0.1, -0.05) is 6.92 Å². The van der Waals surface area contributed by atoms with Gasteiger partial charge in [0.15, 0.2) is 5.79 Å². The van der Waals surface area contributed by atoms with Gasteiger partial charge in [0.2, 0.25) is 0 Å². The summed E-state index contributed by atoms with van der Waals surface area (Å²) in [5, 5.41) is 19.9. The standard InChI is InChI=1S/C13H19BrN2O2/c1-12-4-5-15(2)11(12)16(3)10-8(12)6-13(17,18)7-9(10)14/h7,11,17-18H,4-6H2,1-3H3. The van der Waals surface area contributed by atoms with E-state index in [1.165, 1.54) is 11.6 Å². The monoisotopic (exact) mass is 314 g/mol. The Morgan fingerprint density at radius 2 is 2.06 bits per heavy atom. The lowest BCUT2D eigenvalue weighted by Gasteiger charge is -2.34. The Morgan fingerprint density at radius 3 is 2.72 bits per heavy atom. The lowest BCUT2D eigenvalue weighted by molar-refractivity contribution is -0.119. The highest BCUT2D eigenvalue weighted by Crippen LogP contribution is 2.56. The van der Waals surface area contributed by atoms with Gasteiger partial charge in [-0.25, -0.2) is 0 Å². The Morgan fingerprint density at radius 1 is 1.39 bits per heavy atom. The largest absolute Gasteiger partial charge is 0.362 e. The summed E-state index contributed by atoms with van der Waals surface area (Å²) < 4.78 is 0.792. The van der Waals surface area contributed by atoms with Crippen molar-refractivity contribution in [3.05, 3.63) is 21.8 Å². The van der Waals surface area contributed by atoms with E-state index < -0.39 is 5.79 Å². The van der Waals surface area contributed by atoms with E-state index >= 15 is 0 Å². The Labute approximate surface area is 116 Å². The average Bonchev–Trinajstić information content (AvgIpc) is 2.62. The van der Waals surface area contributed by atoms with Gasteiger partial charge < -0.3 is 15.1 Å². The molecule has 0 radical (unpaired) electrons. The minimum absolute atomic E-state index is 0.0167. The van der Waals surface area contributed by atoms with Crippen LogP contribution in [0.3, 0.4) is 0 Å². The van der Waals surface area contributed by atoms with Crippen LogP contribution >= 0.6 is 15.9 Å². The van der Waals surface area contributed by atoms with E-state index in [0.717, 1.165) is 23.1 Å². The minimum Gasteiger partial charge on any atom is -0.362 e. The maximum Gasteiger partial charge on any atom is 0.187 e. The van der Waals surface area contributed by atoms with Gasteiger partial charge >= 0.3 is 0 Å². The fraction of sp³-hybridized carbons (Fsp3) is 0.692.